The highest BCUT2D eigenvalue weighted by molar-refractivity contribution is 7.15. The molecule has 0 unspecified atom stereocenters. The van der Waals surface area contributed by atoms with E-state index < -0.39 is 0 Å². The van der Waals surface area contributed by atoms with Gasteiger partial charge in [-0.05, 0) is 26.0 Å². The van der Waals surface area contributed by atoms with Gasteiger partial charge in [0.1, 0.15) is 0 Å². The van der Waals surface area contributed by atoms with Crippen molar-refractivity contribution in [2.24, 2.45) is 0 Å². The van der Waals surface area contributed by atoms with Crippen LogP contribution in [0, 0.1) is 6.92 Å². The van der Waals surface area contributed by atoms with E-state index in [1.165, 1.54) is 10.6 Å². The number of aromatic nitrogens is 3. The zero-order chi connectivity index (χ0) is 13.0. The molecule has 2 aromatic heterocycles. The van der Waals surface area contributed by atoms with Crippen molar-refractivity contribution >= 4 is 11.3 Å². The summed E-state index contributed by atoms with van der Waals surface area (Å²) in [6.07, 6.45) is 5.79. The van der Waals surface area contributed by atoms with Gasteiger partial charge in [0.05, 0.1) is 5.69 Å². The van der Waals surface area contributed by atoms with Crippen molar-refractivity contribution in [1.82, 2.24) is 20.3 Å². The molecule has 18 heavy (non-hydrogen) atoms. The fourth-order valence-corrected chi connectivity index (χ4v) is 2.78. The Balaban J connectivity index is 2.33. The van der Waals surface area contributed by atoms with Crippen molar-refractivity contribution in [2.75, 3.05) is 7.05 Å². The summed E-state index contributed by atoms with van der Waals surface area (Å²) in [6.45, 7) is 5.02. The third-order valence-electron chi connectivity index (χ3n) is 2.57. The van der Waals surface area contributed by atoms with Crippen LogP contribution in [0.25, 0.3) is 10.8 Å². The molecule has 0 aliphatic rings. The molecule has 4 nitrogen and oxygen atoms in total. The van der Waals surface area contributed by atoms with Crippen molar-refractivity contribution in [3.05, 3.63) is 28.5 Å². The predicted octanol–water partition coefficient (Wildman–Crippen LogP) is 2.58. The molecule has 0 fully saturated rings. The monoisotopic (exact) mass is 262 g/mol. The Labute approximate surface area is 112 Å². The minimum absolute atomic E-state index is 0.727. The van der Waals surface area contributed by atoms with Gasteiger partial charge in [0.15, 0.2) is 10.8 Å². The lowest BCUT2D eigenvalue weighted by atomic mass is 10.2. The molecular weight excluding hydrogens is 244 g/mol. The summed E-state index contributed by atoms with van der Waals surface area (Å²) in [7, 11) is 1.96. The summed E-state index contributed by atoms with van der Waals surface area (Å²) < 4.78 is 0. The third kappa shape index (κ3) is 2.91. The van der Waals surface area contributed by atoms with Gasteiger partial charge in [-0.25, -0.2) is 15.0 Å². The van der Waals surface area contributed by atoms with Crippen LogP contribution < -0.4 is 5.32 Å². The molecule has 0 aliphatic carbocycles. The van der Waals surface area contributed by atoms with Crippen molar-refractivity contribution in [3.8, 4) is 10.8 Å². The fourth-order valence-electron chi connectivity index (χ4n) is 1.71. The number of thiazole rings is 1. The van der Waals surface area contributed by atoms with E-state index in [9.17, 15) is 0 Å². The van der Waals surface area contributed by atoms with Crippen LogP contribution in [0.3, 0.4) is 0 Å². The minimum atomic E-state index is 0.727. The Hall–Kier alpha value is -1.33. The average molecular weight is 262 g/mol. The minimum Gasteiger partial charge on any atom is -0.315 e. The Morgan fingerprint density at radius 1 is 1.28 bits per heavy atom. The van der Waals surface area contributed by atoms with Crippen molar-refractivity contribution in [3.63, 3.8) is 0 Å². The second-order valence-electron chi connectivity index (χ2n) is 4.25. The van der Waals surface area contributed by atoms with Gasteiger partial charge in [-0.1, -0.05) is 13.3 Å². The molecule has 96 valence electrons. The topological polar surface area (TPSA) is 50.7 Å². The van der Waals surface area contributed by atoms with E-state index in [4.69, 9.17) is 0 Å². The van der Waals surface area contributed by atoms with Gasteiger partial charge < -0.3 is 5.32 Å². The lowest BCUT2D eigenvalue weighted by molar-refractivity contribution is 0.798. The normalized spacial score (nSPS) is 10.8. The molecule has 1 N–H and O–H groups in total. The van der Waals surface area contributed by atoms with Crippen molar-refractivity contribution in [1.29, 1.82) is 0 Å². The molecule has 0 saturated carbocycles. The second kappa shape index (κ2) is 6.02. The third-order valence-corrected chi connectivity index (χ3v) is 3.67. The van der Waals surface area contributed by atoms with Crippen LogP contribution in [0.2, 0.25) is 0 Å². The molecule has 5 heteroatoms. The van der Waals surface area contributed by atoms with Gasteiger partial charge in [-0.3, -0.25) is 0 Å². The number of nitrogens with zero attached hydrogens (tertiary/aromatic N) is 3. The summed E-state index contributed by atoms with van der Waals surface area (Å²) in [5.41, 5.74) is 2.25. The number of nitrogens with one attached hydrogen (secondary N) is 1. The van der Waals surface area contributed by atoms with Gasteiger partial charge >= 0.3 is 0 Å². The van der Waals surface area contributed by atoms with E-state index in [0.29, 0.717) is 0 Å². The summed E-state index contributed by atoms with van der Waals surface area (Å²) >= 11 is 1.68. The first kappa shape index (κ1) is 13.1. The van der Waals surface area contributed by atoms with Crippen LogP contribution in [-0.2, 0) is 13.0 Å². The van der Waals surface area contributed by atoms with E-state index in [1.807, 2.05) is 26.4 Å². The summed E-state index contributed by atoms with van der Waals surface area (Å²) in [4.78, 5) is 14.6. The van der Waals surface area contributed by atoms with E-state index in [2.05, 4.69) is 27.2 Å². The largest absolute Gasteiger partial charge is 0.315 e. The maximum absolute atomic E-state index is 4.67. The first-order valence-corrected chi connectivity index (χ1v) is 6.98. The Bertz CT molecular complexity index is 481. The number of hydrogen-bond acceptors (Lipinski definition) is 5. The maximum atomic E-state index is 4.67. The van der Waals surface area contributed by atoms with Crippen LogP contribution in [0.15, 0.2) is 12.4 Å². The molecular formula is C13H18N4S. The van der Waals surface area contributed by atoms with Gasteiger partial charge in [-0.2, -0.15) is 0 Å². The fraction of sp³-hybridized carbons (Fsp3) is 0.462. The van der Waals surface area contributed by atoms with Crippen LogP contribution in [0.4, 0.5) is 0 Å². The Kier molecular flexibility index (Phi) is 4.38. The van der Waals surface area contributed by atoms with E-state index >= 15 is 0 Å². The molecule has 2 rings (SSSR count). The molecule has 2 aromatic rings. The molecule has 0 saturated heterocycles. The van der Waals surface area contributed by atoms with Gasteiger partial charge in [0.25, 0.3) is 0 Å². The Morgan fingerprint density at radius 3 is 2.61 bits per heavy atom. The summed E-state index contributed by atoms with van der Waals surface area (Å²) in [5.74, 6) is 0.727. The predicted molar refractivity (Wildman–Crippen MR) is 74.6 cm³/mol. The average Bonchev–Trinajstić information content (AvgIpc) is 2.75. The first-order chi connectivity index (χ1) is 8.74. The lowest BCUT2D eigenvalue weighted by Crippen LogP contribution is -2.05. The first-order valence-electron chi connectivity index (χ1n) is 6.16. The quantitative estimate of drug-likeness (QED) is 0.900. The van der Waals surface area contributed by atoms with E-state index in [0.717, 1.165) is 35.8 Å². The highest BCUT2D eigenvalue weighted by Crippen LogP contribution is 2.26. The molecule has 0 aromatic carbocycles. The highest BCUT2D eigenvalue weighted by atomic mass is 32.1. The molecule has 0 atom stereocenters. The molecule has 0 radical (unpaired) electrons. The molecule has 0 amide bonds. The Morgan fingerprint density at radius 2 is 2.00 bits per heavy atom. The van der Waals surface area contributed by atoms with Crippen LogP contribution in [0.5, 0.6) is 0 Å². The summed E-state index contributed by atoms with van der Waals surface area (Å²) in [6, 6.07) is 0. The van der Waals surface area contributed by atoms with E-state index in [1.54, 1.807) is 11.3 Å². The zero-order valence-electron chi connectivity index (χ0n) is 11.0. The SMILES string of the molecule is CCCc1nc(-c2ncc(C)cn2)sc1CNC. The van der Waals surface area contributed by atoms with Gasteiger partial charge in [0, 0.05) is 23.8 Å². The molecule has 0 aliphatic heterocycles. The highest BCUT2D eigenvalue weighted by Gasteiger charge is 2.13. The van der Waals surface area contributed by atoms with E-state index in [-0.39, 0.29) is 0 Å². The van der Waals surface area contributed by atoms with Crippen molar-refractivity contribution in [2.45, 2.75) is 33.2 Å². The summed E-state index contributed by atoms with van der Waals surface area (Å²) in [5, 5.41) is 4.11. The lowest BCUT2D eigenvalue weighted by Gasteiger charge is -1.98. The maximum Gasteiger partial charge on any atom is 0.188 e. The number of rotatable bonds is 5. The smallest absolute Gasteiger partial charge is 0.188 e. The zero-order valence-corrected chi connectivity index (χ0v) is 11.8. The van der Waals surface area contributed by atoms with Crippen LogP contribution in [-0.4, -0.2) is 22.0 Å². The molecule has 0 spiro atoms. The number of hydrogen-bond donors (Lipinski definition) is 1. The van der Waals surface area contributed by atoms with Crippen LogP contribution >= 0.6 is 11.3 Å². The van der Waals surface area contributed by atoms with Crippen LogP contribution in [0.1, 0.15) is 29.5 Å². The standard InChI is InChI=1S/C13H18N4S/c1-4-5-10-11(8-14-3)18-13(17-10)12-15-6-9(2)7-16-12/h6-7,14H,4-5,8H2,1-3H3. The second-order valence-corrected chi connectivity index (χ2v) is 5.34. The van der Waals surface area contributed by atoms with Crippen molar-refractivity contribution < 1.29 is 0 Å². The van der Waals surface area contributed by atoms with Gasteiger partial charge in [-0.15, -0.1) is 11.3 Å². The molecule has 2 heterocycles. The molecule has 0 bridgehead atoms. The number of aryl methyl sites for hydroxylation is 2. The van der Waals surface area contributed by atoms with Gasteiger partial charge in [0.2, 0.25) is 0 Å².